The Morgan fingerprint density at radius 2 is 2.31 bits per heavy atom. The zero-order valence-corrected chi connectivity index (χ0v) is 8.90. The van der Waals surface area contributed by atoms with Gasteiger partial charge in [0.05, 0.1) is 24.0 Å². The topological polar surface area (TPSA) is 61.9 Å². The van der Waals surface area contributed by atoms with Crippen LogP contribution >= 0.6 is 0 Å². The fourth-order valence-electron chi connectivity index (χ4n) is 1.40. The van der Waals surface area contributed by atoms with Gasteiger partial charge in [0, 0.05) is 6.20 Å². The summed E-state index contributed by atoms with van der Waals surface area (Å²) in [6.45, 7) is 2.45. The molecule has 0 aromatic carbocycles. The van der Waals surface area contributed by atoms with Crippen molar-refractivity contribution in [1.82, 2.24) is 4.98 Å². The molecule has 0 unspecified atom stereocenters. The Balaban J connectivity index is 2.08. The summed E-state index contributed by atoms with van der Waals surface area (Å²) < 4.78 is 5.41. The number of hydrogen-bond donors (Lipinski definition) is 1. The van der Waals surface area contributed by atoms with Gasteiger partial charge in [0.2, 0.25) is 0 Å². The summed E-state index contributed by atoms with van der Waals surface area (Å²) in [5.41, 5.74) is 1.30. The first-order valence-corrected chi connectivity index (χ1v) is 4.93. The molecular weight excluding hydrogens is 202 g/mol. The third-order valence-corrected chi connectivity index (χ3v) is 2.19. The molecule has 4 nitrogen and oxygen atoms in total. The third-order valence-electron chi connectivity index (χ3n) is 2.19. The molecule has 2 heterocycles. The molecule has 1 N–H and O–H groups in total. The Morgan fingerprint density at radius 1 is 1.44 bits per heavy atom. The second kappa shape index (κ2) is 4.49. The maximum absolute atomic E-state index is 8.88. The van der Waals surface area contributed by atoms with Crippen LogP contribution < -0.4 is 5.32 Å². The molecule has 0 aliphatic heterocycles. The molecule has 0 radical (unpaired) electrons. The van der Waals surface area contributed by atoms with Crippen LogP contribution in [-0.2, 0) is 6.54 Å². The van der Waals surface area contributed by atoms with Crippen LogP contribution in [0.5, 0.6) is 0 Å². The first-order chi connectivity index (χ1) is 7.79. The van der Waals surface area contributed by atoms with Crippen LogP contribution in [0.2, 0.25) is 0 Å². The normalized spacial score (nSPS) is 9.75. The molecular formula is C12H11N3O. The summed E-state index contributed by atoms with van der Waals surface area (Å²) in [4.78, 5) is 3.97. The molecule has 0 bridgehead atoms. The number of rotatable bonds is 3. The van der Waals surface area contributed by atoms with Crippen molar-refractivity contribution in [2.45, 2.75) is 13.5 Å². The van der Waals surface area contributed by atoms with Crippen LogP contribution in [0.3, 0.4) is 0 Å². The van der Waals surface area contributed by atoms with Gasteiger partial charge < -0.3 is 9.73 Å². The van der Waals surface area contributed by atoms with Crippen LogP contribution in [0, 0.1) is 18.3 Å². The van der Waals surface area contributed by atoms with Crippen molar-refractivity contribution >= 4 is 5.69 Å². The number of pyridine rings is 1. The largest absolute Gasteiger partial charge is 0.465 e. The lowest BCUT2D eigenvalue weighted by Gasteiger charge is -2.04. The predicted molar refractivity (Wildman–Crippen MR) is 59.7 cm³/mol. The van der Waals surface area contributed by atoms with Crippen molar-refractivity contribution in [3.63, 3.8) is 0 Å². The van der Waals surface area contributed by atoms with Crippen LogP contribution in [0.15, 0.2) is 35.0 Å². The van der Waals surface area contributed by atoms with E-state index in [0.717, 1.165) is 17.2 Å². The van der Waals surface area contributed by atoms with E-state index in [4.69, 9.17) is 9.68 Å². The molecule has 0 aliphatic carbocycles. The minimum atomic E-state index is 0.550. The van der Waals surface area contributed by atoms with Crippen LogP contribution in [-0.4, -0.2) is 4.98 Å². The molecule has 2 rings (SSSR count). The Hall–Kier alpha value is -2.28. The number of aromatic nitrogens is 1. The van der Waals surface area contributed by atoms with Gasteiger partial charge in [-0.15, -0.1) is 0 Å². The van der Waals surface area contributed by atoms with Gasteiger partial charge in [-0.05, 0) is 25.1 Å². The highest BCUT2D eigenvalue weighted by atomic mass is 16.3. The fraction of sp³-hybridized carbons (Fsp3) is 0.167. The summed E-state index contributed by atoms with van der Waals surface area (Å²) in [6.07, 6.45) is 3.23. The Kier molecular flexibility index (Phi) is 2.88. The van der Waals surface area contributed by atoms with E-state index in [1.165, 1.54) is 0 Å². The monoisotopic (exact) mass is 213 g/mol. The molecule has 0 saturated carbocycles. The van der Waals surface area contributed by atoms with Gasteiger partial charge in [0.1, 0.15) is 17.6 Å². The number of furan rings is 1. The van der Waals surface area contributed by atoms with Gasteiger partial charge in [-0.25, -0.2) is 0 Å². The summed E-state index contributed by atoms with van der Waals surface area (Å²) in [5.74, 6) is 1.72. The number of nitrogens with zero attached hydrogens (tertiary/aromatic N) is 2. The second-order valence-corrected chi connectivity index (χ2v) is 3.40. The molecule has 0 amide bonds. The molecule has 80 valence electrons. The lowest BCUT2D eigenvalue weighted by Crippen LogP contribution is -2.00. The molecule has 0 spiro atoms. The summed E-state index contributed by atoms with van der Waals surface area (Å²) in [7, 11) is 0. The van der Waals surface area contributed by atoms with Gasteiger partial charge >= 0.3 is 0 Å². The zero-order chi connectivity index (χ0) is 11.4. The Labute approximate surface area is 93.5 Å². The van der Waals surface area contributed by atoms with Gasteiger partial charge in [-0.1, -0.05) is 0 Å². The third kappa shape index (κ3) is 2.20. The number of nitriles is 1. The highest BCUT2D eigenvalue weighted by Crippen LogP contribution is 2.14. The van der Waals surface area contributed by atoms with E-state index in [9.17, 15) is 0 Å². The maximum Gasteiger partial charge on any atom is 0.123 e. The second-order valence-electron chi connectivity index (χ2n) is 3.40. The quantitative estimate of drug-likeness (QED) is 0.850. The standard InChI is InChI=1S/C12H11N3O/c1-9-2-3-11(16-9)7-15-12-8-14-5-4-10(12)6-13/h2-5,8,15H,7H2,1H3. The van der Waals surface area contributed by atoms with Crippen LogP contribution in [0.4, 0.5) is 5.69 Å². The highest BCUT2D eigenvalue weighted by molar-refractivity contribution is 5.55. The van der Waals surface area contributed by atoms with Gasteiger partial charge in [-0.3, -0.25) is 4.98 Å². The van der Waals surface area contributed by atoms with E-state index < -0.39 is 0 Å². The summed E-state index contributed by atoms with van der Waals surface area (Å²) >= 11 is 0. The molecule has 0 fully saturated rings. The molecule has 4 heteroatoms. The first-order valence-electron chi connectivity index (χ1n) is 4.93. The molecule has 2 aromatic heterocycles. The number of aryl methyl sites for hydroxylation is 1. The summed E-state index contributed by atoms with van der Waals surface area (Å²) in [6, 6.07) is 7.60. The lowest BCUT2D eigenvalue weighted by atomic mass is 10.2. The molecule has 0 saturated heterocycles. The highest BCUT2D eigenvalue weighted by Gasteiger charge is 2.02. The summed E-state index contributed by atoms with van der Waals surface area (Å²) in [5, 5.41) is 12.0. The Bertz CT molecular complexity index is 525. The Morgan fingerprint density at radius 3 is 3.00 bits per heavy atom. The van der Waals surface area contributed by atoms with E-state index >= 15 is 0 Å². The number of hydrogen-bond acceptors (Lipinski definition) is 4. The van der Waals surface area contributed by atoms with Crippen molar-refractivity contribution in [3.8, 4) is 6.07 Å². The number of anilines is 1. The van der Waals surface area contributed by atoms with Crippen molar-refractivity contribution in [1.29, 1.82) is 5.26 Å². The zero-order valence-electron chi connectivity index (χ0n) is 8.90. The maximum atomic E-state index is 8.88. The van der Waals surface area contributed by atoms with Gasteiger partial charge in [0.25, 0.3) is 0 Å². The smallest absolute Gasteiger partial charge is 0.123 e. The molecule has 16 heavy (non-hydrogen) atoms. The van der Waals surface area contributed by atoms with E-state index in [-0.39, 0.29) is 0 Å². The van der Waals surface area contributed by atoms with Crippen LogP contribution in [0.25, 0.3) is 0 Å². The predicted octanol–water partition coefficient (Wildman–Crippen LogP) is 2.47. The first kappa shape index (κ1) is 10.2. The number of nitrogens with one attached hydrogen (secondary N) is 1. The minimum Gasteiger partial charge on any atom is -0.465 e. The SMILES string of the molecule is Cc1ccc(CNc2cnccc2C#N)o1. The van der Waals surface area contributed by atoms with Crippen molar-refractivity contribution in [3.05, 3.63) is 47.7 Å². The fourth-order valence-corrected chi connectivity index (χ4v) is 1.40. The van der Waals surface area contributed by atoms with Crippen molar-refractivity contribution < 1.29 is 4.42 Å². The van der Waals surface area contributed by atoms with E-state index in [1.807, 2.05) is 19.1 Å². The molecule has 2 aromatic rings. The van der Waals surface area contributed by atoms with E-state index in [1.54, 1.807) is 18.5 Å². The minimum absolute atomic E-state index is 0.550. The average Bonchev–Trinajstić information content (AvgIpc) is 2.73. The van der Waals surface area contributed by atoms with E-state index in [0.29, 0.717) is 12.1 Å². The van der Waals surface area contributed by atoms with E-state index in [2.05, 4.69) is 16.4 Å². The van der Waals surface area contributed by atoms with Crippen LogP contribution in [0.1, 0.15) is 17.1 Å². The molecule has 0 atom stereocenters. The molecule has 0 aliphatic rings. The van der Waals surface area contributed by atoms with Crippen molar-refractivity contribution in [2.24, 2.45) is 0 Å². The van der Waals surface area contributed by atoms with Gasteiger partial charge in [-0.2, -0.15) is 5.26 Å². The van der Waals surface area contributed by atoms with Crippen molar-refractivity contribution in [2.75, 3.05) is 5.32 Å². The average molecular weight is 213 g/mol. The lowest BCUT2D eigenvalue weighted by molar-refractivity contribution is 0.490. The van der Waals surface area contributed by atoms with Gasteiger partial charge in [0.15, 0.2) is 0 Å².